The second-order valence-electron chi connectivity index (χ2n) is 3.47. The summed E-state index contributed by atoms with van der Waals surface area (Å²) in [4.78, 5) is 0. The van der Waals surface area contributed by atoms with Gasteiger partial charge < -0.3 is 5.73 Å². The average molecular weight is 197 g/mol. The molecule has 3 rings (SSSR count). The van der Waals surface area contributed by atoms with E-state index in [1.165, 1.54) is 0 Å². The van der Waals surface area contributed by atoms with E-state index in [9.17, 15) is 0 Å². The Morgan fingerprint density at radius 3 is 2.53 bits per heavy atom. The molecule has 0 aromatic carbocycles. The summed E-state index contributed by atoms with van der Waals surface area (Å²) in [6.07, 6.45) is 18.0. The highest BCUT2D eigenvalue weighted by molar-refractivity contribution is 5.51. The Hall–Kier alpha value is -2.16. The van der Waals surface area contributed by atoms with Crippen molar-refractivity contribution in [3.8, 4) is 0 Å². The van der Waals surface area contributed by atoms with Crippen LogP contribution in [0.15, 0.2) is 72.0 Å². The number of nitrogens with zero attached hydrogens (tertiary/aromatic N) is 2. The van der Waals surface area contributed by atoms with Gasteiger partial charge in [0.15, 0.2) is 0 Å². The van der Waals surface area contributed by atoms with Gasteiger partial charge in [-0.25, -0.2) is 5.01 Å². The highest BCUT2D eigenvalue weighted by Gasteiger charge is 2.29. The number of hydrazine groups is 1. The Kier molecular flexibility index (Phi) is 1.59. The maximum Gasteiger partial charge on any atom is 0.132 e. The number of allylic oxidation sites excluding steroid dienone is 7. The highest BCUT2D eigenvalue weighted by Crippen LogP contribution is 2.33. The van der Waals surface area contributed by atoms with Crippen molar-refractivity contribution in [2.45, 2.75) is 0 Å². The van der Waals surface area contributed by atoms with Crippen LogP contribution >= 0.6 is 0 Å². The second kappa shape index (κ2) is 2.92. The summed E-state index contributed by atoms with van der Waals surface area (Å²) >= 11 is 0. The van der Waals surface area contributed by atoms with E-state index in [1.54, 1.807) is 0 Å². The fraction of sp³-hybridized carbons (Fsp3) is 0. The topological polar surface area (TPSA) is 32.5 Å². The summed E-state index contributed by atoms with van der Waals surface area (Å²) in [6, 6.07) is 0. The summed E-state index contributed by atoms with van der Waals surface area (Å²) in [5, 5.41) is 3.97. The van der Waals surface area contributed by atoms with Crippen LogP contribution in [0.3, 0.4) is 0 Å². The van der Waals surface area contributed by atoms with E-state index in [0.29, 0.717) is 0 Å². The van der Waals surface area contributed by atoms with Crippen molar-refractivity contribution >= 4 is 0 Å². The predicted octanol–water partition coefficient (Wildman–Crippen LogP) is 1.74. The molecule has 0 amide bonds. The number of hydrogen-bond acceptors (Lipinski definition) is 3. The van der Waals surface area contributed by atoms with Crippen LogP contribution < -0.4 is 5.73 Å². The molecule has 0 atom stereocenters. The van der Waals surface area contributed by atoms with Gasteiger partial charge in [0, 0.05) is 18.0 Å². The number of rotatable bonds is 0. The molecule has 2 heterocycles. The van der Waals surface area contributed by atoms with E-state index >= 15 is 0 Å². The summed E-state index contributed by atoms with van der Waals surface area (Å²) in [5.74, 6) is 0.766. The van der Waals surface area contributed by atoms with Crippen molar-refractivity contribution in [2.75, 3.05) is 0 Å². The Balaban J connectivity index is 2.16. The molecule has 74 valence electrons. The average Bonchev–Trinajstić information content (AvgIpc) is 2.48. The fourth-order valence-corrected chi connectivity index (χ4v) is 1.88. The van der Waals surface area contributed by atoms with E-state index in [0.717, 1.165) is 17.1 Å². The van der Waals surface area contributed by atoms with E-state index in [-0.39, 0.29) is 0 Å². The van der Waals surface area contributed by atoms with Crippen LogP contribution in [0, 0.1) is 0 Å². The third-order valence-corrected chi connectivity index (χ3v) is 2.58. The molecule has 0 radical (unpaired) electrons. The lowest BCUT2D eigenvalue weighted by atomic mass is 10.2. The molecule has 0 saturated heterocycles. The Morgan fingerprint density at radius 2 is 1.67 bits per heavy atom. The highest BCUT2D eigenvalue weighted by atomic mass is 15.7. The van der Waals surface area contributed by atoms with Crippen LogP contribution in [0.5, 0.6) is 0 Å². The van der Waals surface area contributed by atoms with Gasteiger partial charge >= 0.3 is 0 Å². The molecule has 0 aromatic heterocycles. The zero-order chi connectivity index (χ0) is 10.3. The molecule has 2 N–H and O–H groups in total. The van der Waals surface area contributed by atoms with E-state index in [4.69, 9.17) is 5.73 Å². The second-order valence-corrected chi connectivity index (χ2v) is 3.47. The molecule has 2 aliphatic heterocycles. The van der Waals surface area contributed by atoms with Crippen molar-refractivity contribution in [3.05, 3.63) is 72.0 Å². The van der Waals surface area contributed by atoms with Crippen LogP contribution in [0.2, 0.25) is 0 Å². The van der Waals surface area contributed by atoms with Crippen molar-refractivity contribution in [1.29, 1.82) is 0 Å². The molecule has 0 bridgehead atoms. The van der Waals surface area contributed by atoms with Gasteiger partial charge in [-0.15, -0.1) is 0 Å². The van der Waals surface area contributed by atoms with Crippen molar-refractivity contribution in [2.24, 2.45) is 5.73 Å². The molecule has 0 unspecified atom stereocenters. The van der Waals surface area contributed by atoms with Gasteiger partial charge in [0.1, 0.15) is 5.82 Å². The Labute approximate surface area is 88.4 Å². The number of hydrogen-bond donors (Lipinski definition) is 1. The monoisotopic (exact) mass is 197 g/mol. The minimum atomic E-state index is 0.766. The van der Waals surface area contributed by atoms with E-state index < -0.39 is 0 Å². The largest absolute Gasteiger partial charge is 0.383 e. The van der Waals surface area contributed by atoms with Gasteiger partial charge in [0.2, 0.25) is 0 Å². The van der Waals surface area contributed by atoms with Gasteiger partial charge in [-0.2, -0.15) is 0 Å². The molecular weight excluding hydrogens is 186 g/mol. The van der Waals surface area contributed by atoms with E-state index in [1.807, 2.05) is 58.9 Å². The van der Waals surface area contributed by atoms with Gasteiger partial charge in [-0.3, -0.25) is 5.01 Å². The van der Waals surface area contributed by atoms with E-state index in [2.05, 4.69) is 6.08 Å². The quantitative estimate of drug-likeness (QED) is 0.642. The van der Waals surface area contributed by atoms with Gasteiger partial charge in [-0.05, 0) is 24.3 Å². The van der Waals surface area contributed by atoms with Crippen molar-refractivity contribution in [3.63, 3.8) is 0 Å². The zero-order valence-corrected chi connectivity index (χ0v) is 8.17. The maximum atomic E-state index is 6.07. The lowest BCUT2D eigenvalue weighted by Gasteiger charge is -2.28. The van der Waals surface area contributed by atoms with Crippen LogP contribution in [0.4, 0.5) is 0 Å². The van der Waals surface area contributed by atoms with Gasteiger partial charge in [0.05, 0.1) is 5.70 Å². The summed E-state index contributed by atoms with van der Waals surface area (Å²) in [7, 11) is 0. The normalized spacial score (nSPS) is 21.7. The molecule has 0 aromatic rings. The third-order valence-electron chi connectivity index (χ3n) is 2.58. The first-order valence-electron chi connectivity index (χ1n) is 4.86. The summed E-state index contributed by atoms with van der Waals surface area (Å²) in [6.45, 7) is 0. The molecule has 15 heavy (non-hydrogen) atoms. The molecule has 0 saturated carbocycles. The molecule has 0 fully saturated rings. The third kappa shape index (κ3) is 1.06. The lowest BCUT2D eigenvalue weighted by Crippen LogP contribution is -2.31. The molecule has 3 aliphatic rings. The van der Waals surface area contributed by atoms with Crippen LogP contribution in [0.25, 0.3) is 0 Å². The molecule has 3 nitrogen and oxygen atoms in total. The Bertz CT molecular complexity index is 475. The standard InChI is InChI=1S/C12H11N3/c13-12-10-6-2-1-3-7-11(10)14-8-4-5-9-15(12)14/h1-9H,13H2. The lowest BCUT2D eigenvalue weighted by molar-refractivity contribution is 0.184. The minimum Gasteiger partial charge on any atom is -0.383 e. The van der Waals surface area contributed by atoms with Crippen molar-refractivity contribution in [1.82, 2.24) is 10.0 Å². The summed E-state index contributed by atoms with van der Waals surface area (Å²) in [5.41, 5.74) is 8.25. The first-order chi connectivity index (χ1) is 7.38. The number of nitrogens with two attached hydrogens (primary N) is 1. The zero-order valence-electron chi connectivity index (χ0n) is 8.17. The molecular formula is C12H11N3. The molecule has 3 heteroatoms. The molecule has 1 aliphatic carbocycles. The summed E-state index contributed by atoms with van der Waals surface area (Å²) < 4.78 is 0. The predicted molar refractivity (Wildman–Crippen MR) is 59.5 cm³/mol. The van der Waals surface area contributed by atoms with Crippen LogP contribution in [-0.4, -0.2) is 10.0 Å². The van der Waals surface area contributed by atoms with Crippen LogP contribution in [0.1, 0.15) is 0 Å². The van der Waals surface area contributed by atoms with Crippen molar-refractivity contribution < 1.29 is 0 Å². The molecule has 0 spiro atoms. The van der Waals surface area contributed by atoms with Gasteiger partial charge in [-0.1, -0.05) is 18.2 Å². The SMILES string of the molecule is NC1=C2C=CC=CC=C2N2C=CC=CN12. The van der Waals surface area contributed by atoms with Gasteiger partial charge in [0.25, 0.3) is 0 Å². The number of fused-ring (bicyclic) bond motifs is 3. The first-order valence-corrected chi connectivity index (χ1v) is 4.86. The van der Waals surface area contributed by atoms with Crippen LogP contribution in [-0.2, 0) is 0 Å². The maximum absolute atomic E-state index is 6.07. The Morgan fingerprint density at radius 1 is 0.867 bits per heavy atom. The smallest absolute Gasteiger partial charge is 0.132 e. The first kappa shape index (κ1) is 8.17. The fourth-order valence-electron chi connectivity index (χ4n) is 1.88. The minimum absolute atomic E-state index is 0.766.